The van der Waals surface area contributed by atoms with E-state index in [1.54, 1.807) is 12.1 Å². The van der Waals surface area contributed by atoms with Gasteiger partial charge in [-0.1, -0.05) is 11.6 Å². The fourth-order valence-electron chi connectivity index (χ4n) is 1.73. The van der Waals surface area contributed by atoms with Crippen LogP contribution < -0.4 is 10.5 Å². The number of halogens is 1. The number of aromatic hydroxyl groups is 1. The molecular formula is C13H19ClN2O3. The van der Waals surface area contributed by atoms with Crippen molar-refractivity contribution in [1.29, 1.82) is 0 Å². The summed E-state index contributed by atoms with van der Waals surface area (Å²) in [6.45, 7) is 4.61. The zero-order chi connectivity index (χ0) is 14.6. The summed E-state index contributed by atoms with van der Waals surface area (Å²) < 4.78 is 5.05. The topological polar surface area (TPSA) is 75.8 Å². The van der Waals surface area contributed by atoms with E-state index in [0.29, 0.717) is 12.3 Å². The molecular weight excluding hydrogens is 268 g/mol. The first-order chi connectivity index (χ1) is 8.85. The van der Waals surface area contributed by atoms with Crippen LogP contribution in [0, 0.1) is 0 Å². The van der Waals surface area contributed by atoms with Gasteiger partial charge >= 0.3 is 0 Å². The highest BCUT2D eigenvalue weighted by Crippen LogP contribution is 2.35. The van der Waals surface area contributed by atoms with Crippen LogP contribution in [0.15, 0.2) is 12.1 Å². The lowest BCUT2D eigenvalue weighted by molar-refractivity contribution is -0.119. The molecule has 0 aliphatic heterocycles. The minimum Gasteiger partial charge on any atom is -0.503 e. The molecule has 0 bridgehead atoms. The molecule has 1 aromatic rings. The summed E-state index contributed by atoms with van der Waals surface area (Å²) in [7, 11) is 1.46. The Balaban J connectivity index is 2.96. The third-order valence-corrected chi connectivity index (χ3v) is 3.07. The second-order valence-electron chi connectivity index (χ2n) is 4.59. The number of methoxy groups -OCH3 is 1. The molecule has 1 amide bonds. The molecule has 0 saturated heterocycles. The van der Waals surface area contributed by atoms with Crippen molar-refractivity contribution in [2.45, 2.75) is 26.4 Å². The number of phenolic OH excluding ortho intramolecular Hbond substituents is 1. The van der Waals surface area contributed by atoms with Gasteiger partial charge in [0.05, 0.1) is 18.7 Å². The normalized spacial score (nSPS) is 11.1. The van der Waals surface area contributed by atoms with E-state index in [1.165, 1.54) is 7.11 Å². The smallest absolute Gasteiger partial charge is 0.231 e. The summed E-state index contributed by atoms with van der Waals surface area (Å²) >= 11 is 5.93. The lowest BCUT2D eigenvalue weighted by Gasteiger charge is -2.25. The van der Waals surface area contributed by atoms with E-state index in [4.69, 9.17) is 22.1 Å². The second kappa shape index (κ2) is 6.63. The van der Waals surface area contributed by atoms with Crippen molar-refractivity contribution < 1.29 is 14.6 Å². The lowest BCUT2D eigenvalue weighted by atomic mass is 10.1. The number of amides is 1. The number of benzene rings is 1. The summed E-state index contributed by atoms with van der Waals surface area (Å²) in [5.74, 6) is -0.158. The number of hydrogen-bond donors (Lipinski definition) is 2. The van der Waals surface area contributed by atoms with Gasteiger partial charge in [0.2, 0.25) is 5.91 Å². The highest BCUT2D eigenvalue weighted by Gasteiger charge is 2.15. The van der Waals surface area contributed by atoms with Crippen LogP contribution in [0.2, 0.25) is 5.02 Å². The highest BCUT2D eigenvalue weighted by atomic mass is 35.5. The molecule has 0 atom stereocenters. The van der Waals surface area contributed by atoms with Crippen molar-refractivity contribution in [3.63, 3.8) is 0 Å². The number of phenols is 1. The van der Waals surface area contributed by atoms with E-state index < -0.39 is 0 Å². The molecule has 0 radical (unpaired) electrons. The molecule has 106 valence electrons. The van der Waals surface area contributed by atoms with Crippen molar-refractivity contribution in [2.75, 3.05) is 13.7 Å². The minimum absolute atomic E-state index is 0.0843. The summed E-state index contributed by atoms with van der Waals surface area (Å²) in [6.07, 6.45) is 0. The van der Waals surface area contributed by atoms with E-state index >= 15 is 0 Å². The Hall–Kier alpha value is -1.46. The lowest BCUT2D eigenvalue weighted by Crippen LogP contribution is -2.37. The fourth-order valence-corrected chi connectivity index (χ4v) is 1.96. The molecule has 1 aromatic carbocycles. The molecule has 1 rings (SSSR count). The molecule has 19 heavy (non-hydrogen) atoms. The van der Waals surface area contributed by atoms with Gasteiger partial charge in [0.15, 0.2) is 11.5 Å². The van der Waals surface area contributed by atoms with Gasteiger partial charge in [0.25, 0.3) is 0 Å². The zero-order valence-corrected chi connectivity index (χ0v) is 12.1. The van der Waals surface area contributed by atoms with Gasteiger partial charge in [-0.15, -0.1) is 0 Å². The molecule has 0 aliphatic carbocycles. The molecule has 0 fully saturated rings. The minimum atomic E-state index is -0.384. The Bertz CT molecular complexity index is 463. The van der Waals surface area contributed by atoms with Gasteiger partial charge in [0.1, 0.15) is 0 Å². The first kappa shape index (κ1) is 15.6. The quantitative estimate of drug-likeness (QED) is 0.835. The molecule has 0 unspecified atom stereocenters. The number of rotatable bonds is 6. The van der Waals surface area contributed by atoms with E-state index in [0.717, 1.165) is 5.56 Å². The third-order valence-electron chi connectivity index (χ3n) is 2.78. The van der Waals surface area contributed by atoms with Gasteiger partial charge in [-0.05, 0) is 31.5 Å². The van der Waals surface area contributed by atoms with Crippen molar-refractivity contribution in [1.82, 2.24) is 4.90 Å². The first-order valence-corrected chi connectivity index (χ1v) is 6.30. The maximum Gasteiger partial charge on any atom is 0.231 e. The summed E-state index contributed by atoms with van der Waals surface area (Å²) in [5, 5.41) is 9.89. The SMILES string of the molecule is COc1cc(CN(CC(N)=O)C(C)C)cc(Cl)c1O. The Morgan fingerprint density at radius 1 is 1.53 bits per heavy atom. The van der Waals surface area contributed by atoms with Crippen molar-refractivity contribution in [3.05, 3.63) is 22.7 Å². The van der Waals surface area contributed by atoms with Crippen molar-refractivity contribution in [2.24, 2.45) is 5.73 Å². The van der Waals surface area contributed by atoms with Gasteiger partial charge in [-0.2, -0.15) is 0 Å². The number of nitrogens with two attached hydrogens (primary N) is 1. The number of ether oxygens (including phenoxy) is 1. The molecule has 0 heterocycles. The molecule has 0 spiro atoms. The van der Waals surface area contributed by atoms with E-state index in [2.05, 4.69) is 0 Å². The van der Waals surface area contributed by atoms with Crippen LogP contribution in [0.5, 0.6) is 11.5 Å². The van der Waals surface area contributed by atoms with Crippen molar-refractivity contribution in [3.8, 4) is 11.5 Å². The van der Waals surface area contributed by atoms with Gasteiger partial charge in [0, 0.05) is 12.6 Å². The Kier molecular flexibility index (Phi) is 5.44. The monoisotopic (exact) mass is 286 g/mol. The van der Waals surface area contributed by atoms with Crippen LogP contribution in [0.25, 0.3) is 0 Å². The number of nitrogens with zero attached hydrogens (tertiary/aromatic N) is 1. The van der Waals surface area contributed by atoms with Crippen LogP contribution in [0.1, 0.15) is 19.4 Å². The number of carbonyl (C=O) groups excluding carboxylic acids is 1. The summed E-state index contributed by atoms with van der Waals surface area (Å²) in [4.78, 5) is 12.9. The highest BCUT2D eigenvalue weighted by molar-refractivity contribution is 6.32. The fraction of sp³-hybridized carbons (Fsp3) is 0.462. The van der Waals surface area contributed by atoms with Crippen LogP contribution in [0.4, 0.5) is 0 Å². The van der Waals surface area contributed by atoms with Crippen LogP contribution >= 0.6 is 11.6 Å². The number of hydrogen-bond acceptors (Lipinski definition) is 4. The zero-order valence-electron chi connectivity index (χ0n) is 11.3. The molecule has 6 heteroatoms. The van der Waals surface area contributed by atoms with Crippen LogP contribution in [-0.2, 0) is 11.3 Å². The molecule has 0 aromatic heterocycles. The van der Waals surface area contributed by atoms with Gasteiger partial charge < -0.3 is 15.6 Å². The summed E-state index contributed by atoms with van der Waals surface area (Å²) in [5.41, 5.74) is 6.07. The molecule has 0 aliphatic rings. The largest absolute Gasteiger partial charge is 0.503 e. The third kappa shape index (κ3) is 4.29. The standard InChI is InChI=1S/C13H19ClN2O3/c1-8(2)16(7-12(15)17)6-9-4-10(14)13(18)11(5-9)19-3/h4-5,8,18H,6-7H2,1-3H3,(H2,15,17). The van der Waals surface area contributed by atoms with E-state index in [9.17, 15) is 9.90 Å². The van der Waals surface area contributed by atoms with Crippen LogP contribution in [-0.4, -0.2) is 35.6 Å². The number of carbonyl (C=O) groups is 1. The van der Waals surface area contributed by atoms with Gasteiger partial charge in [-0.25, -0.2) is 0 Å². The molecule has 0 saturated carbocycles. The maximum atomic E-state index is 11.0. The molecule has 5 nitrogen and oxygen atoms in total. The first-order valence-electron chi connectivity index (χ1n) is 5.92. The van der Waals surface area contributed by atoms with Crippen molar-refractivity contribution >= 4 is 17.5 Å². The average molecular weight is 287 g/mol. The maximum absolute atomic E-state index is 11.0. The van der Waals surface area contributed by atoms with E-state index in [1.807, 2.05) is 18.7 Å². The molecule has 3 N–H and O–H groups in total. The van der Waals surface area contributed by atoms with Gasteiger partial charge in [-0.3, -0.25) is 9.69 Å². The Morgan fingerprint density at radius 3 is 2.63 bits per heavy atom. The van der Waals surface area contributed by atoms with Crippen LogP contribution in [0.3, 0.4) is 0 Å². The predicted molar refractivity (Wildman–Crippen MR) is 74.4 cm³/mol. The second-order valence-corrected chi connectivity index (χ2v) is 5.00. The Labute approximate surface area is 117 Å². The predicted octanol–water partition coefficient (Wildman–Crippen LogP) is 1.75. The van der Waals surface area contributed by atoms with E-state index in [-0.39, 0.29) is 29.3 Å². The summed E-state index contributed by atoms with van der Waals surface area (Å²) in [6, 6.07) is 3.50. The Morgan fingerprint density at radius 2 is 2.16 bits per heavy atom. The average Bonchev–Trinajstić information content (AvgIpc) is 2.31. The number of primary amides is 1.